The number of carbonyl (C=O) groups is 1. The molecule has 1 aliphatic heterocycles. The average Bonchev–Trinajstić information content (AvgIpc) is 3.37. The summed E-state index contributed by atoms with van der Waals surface area (Å²) in [5.74, 6) is 2.80. The second-order valence-electron chi connectivity index (χ2n) is 6.26. The van der Waals surface area contributed by atoms with Crippen LogP contribution in [0.1, 0.15) is 23.8 Å². The van der Waals surface area contributed by atoms with Gasteiger partial charge in [-0.3, -0.25) is 4.79 Å². The maximum Gasteiger partial charge on any atom is 0.269 e. The molecule has 1 atom stereocenters. The molecule has 2 aromatic heterocycles. The fraction of sp³-hybridized carbons (Fsp3) is 0.200. The molecule has 1 aromatic carbocycles. The minimum Gasteiger partial charge on any atom is -0.454 e. The lowest BCUT2D eigenvalue weighted by Gasteiger charge is -2.13. The number of aromatic nitrogens is 4. The Labute approximate surface area is 176 Å². The van der Waals surface area contributed by atoms with E-state index in [4.69, 9.17) is 21.6 Å². The minimum atomic E-state index is -0.645. The van der Waals surface area contributed by atoms with Gasteiger partial charge in [-0.25, -0.2) is 15.0 Å². The number of nitrogens with one attached hydrogen (secondary N) is 1. The van der Waals surface area contributed by atoms with Crippen molar-refractivity contribution in [1.82, 2.24) is 24.8 Å². The lowest BCUT2D eigenvalue weighted by molar-refractivity contribution is -0.120. The Morgan fingerprint density at radius 1 is 1.40 bits per heavy atom. The molecular formula is C20H18N6O3S. The molecule has 1 aliphatic rings. The van der Waals surface area contributed by atoms with E-state index in [2.05, 4.69) is 26.2 Å². The van der Waals surface area contributed by atoms with Gasteiger partial charge in [-0.05, 0) is 17.8 Å². The highest BCUT2D eigenvalue weighted by atomic mass is 32.2. The van der Waals surface area contributed by atoms with Gasteiger partial charge in [0.1, 0.15) is 12.6 Å². The molecule has 30 heavy (non-hydrogen) atoms. The topological polar surface area (TPSA) is 117 Å². The molecule has 152 valence electrons. The highest BCUT2D eigenvalue weighted by molar-refractivity contribution is 8.02. The summed E-state index contributed by atoms with van der Waals surface area (Å²) in [5.41, 5.74) is 8.42. The maximum absolute atomic E-state index is 11.7. The largest absolute Gasteiger partial charge is 0.454 e. The van der Waals surface area contributed by atoms with Gasteiger partial charge in [0.15, 0.2) is 22.1 Å². The quantitative estimate of drug-likeness (QED) is 0.581. The van der Waals surface area contributed by atoms with Gasteiger partial charge in [-0.15, -0.1) is 6.42 Å². The molecule has 0 radical (unpaired) electrons. The van der Waals surface area contributed by atoms with Crippen LogP contribution in [0.15, 0.2) is 47.1 Å². The first-order valence-electron chi connectivity index (χ1n) is 9.03. The van der Waals surface area contributed by atoms with Crippen LogP contribution in [-0.2, 0) is 20.8 Å². The van der Waals surface area contributed by atoms with Gasteiger partial charge >= 0.3 is 0 Å². The number of amides is 1. The number of carbonyl (C=O) groups excluding carboxylic acids is 1. The molecule has 1 unspecified atom stereocenters. The molecule has 0 bridgehead atoms. The van der Waals surface area contributed by atoms with Crippen LogP contribution in [0.2, 0.25) is 0 Å². The predicted octanol–water partition coefficient (Wildman–Crippen LogP) is 2.16. The molecular weight excluding hydrogens is 404 g/mol. The van der Waals surface area contributed by atoms with Gasteiger partial charge < -0.3 is 25.1 Å². The first kappa shape index (κ1) is 19.6. The first-order valence-corrected chi connectivity index (χ1v) is 9.85. The number of hydrogen-bond donors (Lipinski definition) is 2. The number of imidazole rings is 1. The molecule has 10 heteroatoms. The average molecular weight is 422 g/mol. The van der Waals surface area contributed by atoms with E-state index in [-0.39, 0.29) is 18.1 Å². The summed E-state index contributed by atoms with van der Waals surface area (Å²) in [7, 11) is 1.59. The van der Waals surface area contributed by atoms with Gasteiger partial charge in [0.2, 0.25) is 11.0 Å². The lowest BCUT2D eigenvalue weighted by atomic mass is 10.1. The molecule has 0 spiro atoms. The fourth-order valence-corrected chi connectivity index (χ4v) is 3.78. The first-order chi connectivity index (χ1) is 14.6. The minimum absolute atomic E-state index is 0.0968. The van der Waals surface area contributed by atoms with E-state index in [1.54, 1.807) is 11.6 Å². The zero-order chi connectivity index (χ0) is 21.1. The molecule has 3 aromatic rings. The Hall–Kier alpha value is -3.71. The Kier molecular flexibility index (Phi) is 5.45. The number of fused-ring (bicyclic) bond motifs is 1. The van der Waals surface area contributed by atoms with Crippen molar-refractivity contribution in [2.75, 3.05) is 12.8 Å². The zero-order valence-corrected chi connectivity index (χ0v) is 16.8. The van der Waals surface area contributed by atoms with Crippen molar-refractivity contribution in [3.63, 3.8) is 0 Å². The monoisotopic (exact) mass is 422 g/mol. The second kappa shape index (κ2) is 8.34. The number of terminal acetylenes is 1. The van der Waals surface area contributed by atoms with E-state index in [1.807, 2.05) is 24.3 Å². The Morgan fingerprint density at radius 2 is 2.23 bits per heavy atom. The van der Waals surface area contributed by atoms with Crippen LogP contribution in [0.4, 0.5) is 5.82 Å². The number of aryl methyl sites for hydroxylation is 1. The van der Waals surface area contributed by atoms with Gasteiger partial charge in [0, 0.05) is 31.1 Å². The normalized spacial score (nSPS) is 15.2. The van der Waals surface area contributed by atoms with Crippen molar-refractivity contribution >= 4 is 34.7 Å². The van der Waals surface area contributed by atoms with Gasteiger partial charge in [0.25, 0.3) is 6.29 Å². The molecule has 0 fully saturated rings. The summed E-state index contributed by atoms with van der Waals surface area (Å²) in [6, 6.07) is 7.41. The van der Waals surface area contributed by atoms with Crippen molar-refractivity contribution in [2.45, 2.75) is 24.4 Å². The SMILES string of the molecule is C#Cc1ccccc1C1OC=C(Sc2nc3c(N)ncnc3n2CCC(=O)NC)O1. The third kappa shape index (κ3) is 3.75. The summed E-state index contributed by atoms with van der Waals surface area (Å²) in [6.45, 7) is 0.368. The van der Waals surface area contributed by atoms with Crippen LogP contribution in [0.3, 0.4) is 0 Å². The molecule has 3 N–H and O–H groups in total. The number of anilines is 1. The summed E-state index contributed by atoms with van der Waals surface area (Å²) >= 11 is 1.24. The van der Waals surface area contributed by atoms with Crippen LogP contribution in [-0.4, -0.2) is 32.5 Å². The molecule has 0 aliphatic carbocycles. The lowest BCUT2D eigenvalue weighted by Crippen LogP contribution is -2.19. The van der Waals surface area contributed by atoms with Crippen molar-refractivity contribution in [2.24, 2.45) is 0 Å². The predicted molar refractivity (Wildman–Crippen MR) is 112 cm³/mol. The van der Waals surface area contributed by atoms with Crippen LogP contribution in [0.25, 0.3) is 11.2 Å². The fourth-order valence-electron chi connectivity index (χ4n) is 2.94. The number of benzene rings is 1. The number of nitrogen functional groups attached to an aromatic ring is 1. The van der Waals surface area contributed by atoms with Crippen LogP contribution in [0, 0.1) is 12.3 Å². The summed E-state index contributed by atoms with van der Waals surface area (Å²) in [4.78, 5) is 24.6. The van der Waals surface area contributed by atoms with Crippen molar-refractivity contribution in [3.05, 3.63) is 53.1 Å². The van der Waals surface area contributed by atoms with E-state index in [9.17, 15) is 4.79 Å². The third-order valence-electron chi connectivity index (χ3n) is 4.44. The maximum atomic E-state index is 11.7. The molecule has 0 saturated heterocycles. The number of nitrogens with zero attached hydrogens (tertiary/aromatic N) is 4. The van der Waals surface area contributed by atoms with E-state index < -0.39 is 6.29 Å². The van der Waals surface area contributed by atoms with E-state index in [1.165, 1.54) is 24.4 Å². The van der Waals surface area contributed by atoms with Crippen molar-refractivity contribution in [1.29, 1.82) is 0 Å². The van der Waals surface area contributed by atoms with Gasteiger partial charge in [0.05, 0.1) is 0 Å². The number of hydrogen-bond acceptors (Lipinski definition) is 8. The van der Waals surface area contributed by atoms with Gasteiger partial charge in [-0.1, -0.05) is 24.1 Å². The van der Waals surface area contributed by atoms with E-state index >= 15 is 0 Å². The number of thioether (sulfide) groups is 1. The Morgan fingerprint density at radius 3 is 3.03 bits per heavy atom. The molecule has 0 saturated carbocycles. The van der Waals surface area contributed by atoms with E-state index in [0.29, 0.717) is 33.5 Å². The number of rotatable bonds is 6. The number of ether oxygens (including phenoxy) is 2. The van der Waals surface area contributed by atoms with Crippen LogP contribution < -0.4 is 11.1 Å². The van der Waals surface area contributed by atoms with Crippen molar-refractivity contribution < 1.29 is 14.3 Å². The molecule has 4 rings (SSSR count). The van der Waals surface area contributed by atoms with Crippen LogP contribution >= 0.6 is 11.8 Å². The van der Waals surface area contributed by atoms with Crippen molar-refractivity contribution in [3.8, 4) is 12.3 Å². The van der Waals surface area contributed by atoms with Gasteiger partial charge in [-0.2, -0.15) is 0 Å². The van der Waals surface area contributed by atoms with E-state index in [0.717, 1.165) is 5.56 Å². The molecule has 9 nitrogen and oxygen atoms in total. The van der Waals surface area contributed by atoms with Crippen LogP contribution in [0.5, 0.6) is 0 Å². The standard InChI is InChI=1S/C20H18N6O3S/c1-3-12-6-4-5-7-13(12)19-28-10-15(29-19)30-20-25-16-17(21)23-11-24-18(16)26(20)9-8-14(27)22-2/h1,4-7,10-11,19H,8-9H2,2H3,(H,22,27)(H2,21,23,24). The highest BCUT2D eigenvalue weighted by Gasteiger charge is 2.26. The number of nitrogens with two attached hydrogens (primary N) is 1. The Bertz CT molecular complexity index is 1180. The zero-order valence-electron chi connectivity index (χ0n) is 16.0. The summed E-state index contributed by atoms with van der Waals surface area (Å²) in [5, 5.41) is 3.66. The Balaban J connectivity index is 1.59. The molecule has 1 amide bonds. The summed E-state index contributed by atoms with van der Waals surface area (Å²) < 4.78 is 13.4. The third-order valence-corrected chi connectivity index (χ3v) is 5.33. The second-order valence-corrected chi connectivity index (χ2v) is 7.23. The summed E-state index contributed by atoms with van der Waals surface area (Å²) in [6.07, 6.45) is 8.06. The highest BCUT2D eigenvalue weighted by Crippen LogP contribution is 2.39. The smallest absolute Gasteiger partial charge is 0.269 e. The molecule has 3 heterocycles.